The van der Waals surface area contributed by atoms with E-state index >= 15 is 0 Å². The number of nitrogens with zero attached hydrogens (tertiary/aromatic N) is 1. The Morgan fingerprint density at radius 2 is 2.12 bits per heavy atom. The van der Waals surface area contributed by atoms with E-state index in [9.17, 15) is 14.5 Å². The smallest absolute Gasteiger partial charge is 0.274 e. The number of hydrogen-bond donors (Lipinski definition) is 2. The summed E-state index contributed by atoms with van der Waals surface area (Å²) in [7, 11) is 0. The average Bonchev–Trinajstić information content (AvgIpc) is 2.16. The van der Waals surface area contributed by atoms with E-state index in [1.807, 2.05) is 13.8 Å². The normalized spacial score (nSPS) is 11.2. The molecular weight excluding hydrogens is 213 g/mol. The third-order valence-corrected chi connectivity index (χ3v) is 2.09. The second-order valence-electron chi connectivity index (χ2n) is 4.17. The highest BCUT2D eigenvalue weighted by Crippen LogP contribution is 2.22. The molecule has 6 heteroatoms. The Balaban J connectivity index is 3.01. The van der Waals surface area contributed by atoms with E-state index in [1.165, 1.54) is 12.1 Å². The summed E-state index contributed by atoms with van der Waals surface area (Å²) in [6, 6.07) is 3.35. The molecule has 1 rings (SSSR count). The van der Waals surface area contributed by atoms with Gasteiger partial charge in [-0.1, -0.05) is 0 Å². The van der Waals surface area contributed by atoms with Gasteiger partial charge in [0.2, 0.25) is 0 Å². The van der Waals surface area contributed by atoms with Crippen molar-refractivity contribution in [1.29, 1.82) is 0 Å². The molecule has 3 N–H and O–H groups in total. The van der Waals surface area contributed by atoms with Gasteiger partial charge in [0.1, 0.15) is 5.82 Å². The van der Waals surface area contributed by atoms with Crippen LogP contribution < -0.4 is 11.1 Å². The summed E-state index contributed by atoms with van der Waals surface area (Å²) in [6.07, 6.45) is 0. The minimum Gasteiger partial charge on any atom is -0.379 e. The lowest BCUT2D eigenvalue weighted by Gasteiger charge is -2.25. The van der Waals surface area contributed by atoms with E-state index in [-0.39, 0.29) is 5.69 Å². The second-order valence-corrected chi connectivity index (χ2v) is 4.17. The van der Waals surface area contributed by atoms with Gasteiger partial charge in [0.15, 0.2) is 0 Å². The predicted molar refractivity (Wildman–Crippen MR) is 59.8 cm³/mol. The first kappa shape index (κ1) is 12.4. The number of nitro benzene ring substituents is 1. The van der Waals surface area contributed by atoms with Crippen LogP contribution in [0.5, 0.6) is 0 Å². The van der Waals surface area contributed by atoms with Crippen molar-refractivity contribution in [1.82, 2.24) is 0 Å². The van der Waals surface area contributed by atoms with Gasteiger partial charge in [-0.15, -0.1) is 0 Å². The molecular formula is C10H14FN3O2. The summed E-state index contributed by atoms with van der Waals surface area (Å²) in [5.41, 5.74) is 5.12. The van der Waals surface area contributed by atoms with Gasteiger partial charge in [-0.25, -0.2) is 4.39 Å². The minimum absolute atomic E-state index is 0.282. The molecule has 0 aliphatic carbocycles. The van der Waals surface area contributed by atoms with Crippen LogP contribution in [0.2, 0.25) is 0 Å². The predicted octanol–water partition coefficient (Wildman–Crippen LogP) is 1.88. The zero-order valence-corrected chi connectivity index (χ0v) is 9.16. The first-order valence-corrected chi connectivity index (χ1v) is 4.77. The molecule has 1 aromatic rings. The number of non-ortho nitro benzene ring substituents is 1. The van der Waals surface area contributed by atoms with E-state index in [0.29, 0.717) is 12.2 Å². The van der Waals surface area contributed by atoms with Crippen molar-refractivity contribution >= 4 is 11.4 Å². The van der Waals surface area contributed by atoms with Gasteiger partial charge < -0.3 is 11.1 Å². The molecule has 0 aromatic heterocycles. The highest BCUT2D eigenvalue weighted by Gasteiger charge is 2.17. The number of hydrogen-bond acceptors (Lipinski definition) is 4. The van der Waals surface area contributed by atoms with Gasteiger partial charge in [-0.05, 0) is 19.9 Å². The molecule has 88 valence electrons. The second kappa shape index (κ2) is 4.44. The standard InChI is InChI=1S/C10H14FN3O2/c1-10(2,6-12)13-8-3-7(11)4-9(5-8)14(15)16/h3-5,13H,6,12H2,1-2H3. The summed E-state index contributed by atoms with van der Waals surface area (Å²) >= 11 is 0. The van der Waals surface area contributed by atoms with Crippen molar-refractivity contribution in [3.8, 4) is 0 Å². The zero-order valence-electron chi connectivity index (χ0n) is 9.16. The maximum Gasteiger partial charge on any atom is 0.274 e. The topological polar surface area (TPSA) is 81.2 Å². The van der Waals surface area contributed by atoms with Crippen LogP contribution in [0.4, 0.5) is 15.8 Å². The van der Waals surface area contributed by atoms with Crippen LogP contribution in [0.3, 0.4) is 0 Å². The lowest BCUT2D eigenvalue weighted by atomic mass is 10.1. The van der Waals surface area contributed by atoms with E-state index in [2.05, 4.69) is 5.32 Å². The Bertz CT molecular complexity index is 407. The summed E-state index contributed by atoms with van der Waals surface area (Å²) in [6.45, 7) is 3.98. The fourth-order valence-electron chi connectivity index (χ4n) is 1.19. The number of nitrogens with one attached hydrogen (secondary N) is 1. The third-order valence-electron chi connectivity index (χ3n) is 2.09. The van der Waals surface area contributed by atoms with Crippen molar-refractivity contribution in [2.75, 3.05) is 11.9 Å². The van der Waals surface area contributed by atoms with Crippen LogP contribution in [0.25, 0.3) is 0 Å². The Morgan fingerprint density at radius 3 is 2.62 bits per heavy atom. The summed E-state index contributed by atoms with van der Waals surface area (Å²) in [5.74, 6) is -0.649. The number of rotatable bonds is 4. The molecule has 0 radical (unpaired) electrons. The number of benzene rings is 1. The molecule has 1 aromatic carbocycles. The molecule has 0 aliphatic heterocycles. The highest BCUT2D eigenvalue weighted by molar-refractivity contribution is 5.52. The Kier molecular flexibility index (Phi) is 3.44. The number of halogens is 1. The molecule has 0 saturated heterocycles. The van der Waals surface area contributed by atoms with Crippen molar-refractivity contribution < 1.29 is 9.31 Å². The van der Waals surface area contributed by atoms with Gasteiger partial charge in [-0.3, -0.25) is 10.1 Å². The molecule has 5 nitrogen and oxygen atoms in total. The first-order chi connectivity index (χ1) is 7.34. The van der Waals surface area contributed by atoms with E-state index in [0.717, 1.165) is 6.07 Å². The molecule has 0 fully saturated rings. The van der Waals surface area contributed by atoms with Gasteiger partial charge in [0.25, 0.3) is 5.69 Å². The largest absolute Gasteiger partial charge is 0.379 e. The summed E-state index contributed by atoms with van der Waals surface area (Å²) < 4.78 is 13.1. The van der Waals surface area contributed by atoms with Crippen LogP contribution in [-0.2, 0) is 0 Å². The maximum atomic E-state index is 13.1. The fourth-order valence-corrected chi connectivity index (χ4v) is 1.19. The van der Waals surface area contributed by atoms with Crippen LogP contribution in [0, 0.1) is 15.9 Å². The molecule has 0 amide bonds. The number of anilines is 1. The Morgan fingerprint density at radius 1 is 1.50 bits per heavy atom. The van der Waals surface area contributed by atoms with Crippen molar-refractivity contribution in [3.63, 3.8) is 0 Å². The van der Waals surface area contributed by atoms with Crippen molar-refractivity contribution in [2.24, 2.45) is 5.73 Å². The Hall–Kier alpha value is -1.69. The van der Waals surface area contributed by atoms with E-state index in [1.54, 1.807) is 0 Å². The number of nitrogens with two attached hydrogens (primary N) is 1. The number of nitro groups is 1. The molecule has 0 bridgehead atoms. The average molecular weight is 227 g/mol. The zero-order chi connectivity index (χ0) is 12.3. The SMILES string of the molecule is CC(C)(CN)Nc1cc(F)cc([N+](=O)[O-])c1. The van der Waals surface area contributed by atoms with Crippen LogP contribution in [-0.4, -0.2) is 17.0 Å². The van der Waals surface area contributed by atoms with Gasteiger partial charge in [0, 0.05) is 23.8 Å². The lowest BCUT2D eigenvalue weighted by Crippen LogP contribution is -2.39. The summed E-state index contributed by atoms with van der Waals surface area (Å²) in [5, 5.41) is 13.5. The first-order valence-electron chi connectivity index (χ1n) is 4.77. The lowest BCUT2D eigenvalue weighted by molar-refractivity contribution is -0.385. The minimum atomic E-state index is -0.649. The van der Waals surface area contributed by atoms with Gasteiger partial charge in [-0.2, -0.15) is 0 Å². The maximum absolute atomic E-state index is 13.1. The Labute approximate surface area is 92.6 Å². The molecule has 16 heavy (non-hydrogen) atoms. The van der Waals surface area contributed by atoms with Crippen LogP contribution >= 0.6 is 0 Å². The molecule has 0 heterocycles. The quantitative estimate of drug-likeness (QED) is 0.607. The molecule has 0 atom stereocenters. The van der Waals surface area contributed by atoms with Gasteiger partial charge in [0.05, 0.1) is 11.0 Å². The molecule has 0 aliphatic rings. The molecule has 0 unspecified atom stereocenters. The monoisotopic (exact) mass is 227 g/mol. The van der Waals surface area contributed by atoms with Crippen molar-refractivity contribution in [3.05, 3.63) is 34.1 Å². The highest BCUT2D eigenvalue weighted by atomic mass is 19.1. The van der Waals surface area contributed by atoms with Crippen LogP contribution in [0.1, 0.15) is 13.8 Å². The van der Waals surface area contributed by atoms with Crippen LogP contribution in [0.15, 0.2) is 18.2 Å². The van der Waals surface area contributed by atoms with Crippen molar-refractivity contribution in [2.45, 2.75) is 19.4 Å². The van der Waals surface area contributed by atoms with E-state index in [4.69, 9.17) is 5.73 Å². The third kappa shape index (κ3) is 3.16. The molecule has 0 spiro atoms. The fraction of sp³-hybridized carbons (Fsp3) is 0.400. The molecule has 0 saturated carbocycles. The van der Waals surface area contributed by atoms with E-state index < -0.39 is 16.3 Å². The summed E-state index contributed by atoms with van der Waals surface area (Å²) in [4.78, 5) is 9.89. The van der Waals surface area contributed by atoms with Gasteiger partial charge >= 0.3 is 0 Å².